The van der Waals surface area contributed by atoms with Gasteiger partial charge in [-0.25, -0.2) is 0 Å². The number of benzene rings is 1. The van der Waals surface area contributed by atoms with Crippen molar-refractivity contribution in [2.24, 2.45) is 0 Å². The van der Waals surface area contributed by atoms with Crippen molar-refractivity contribution in [3.63, 3.8) is 0 Å². The Labute approximate surface area is 110 Å². The second kappa shape index (κ2) is 3.60. The molecular weight excluding hydrogens is 216 g/mol. The van der Waals surface area contributed by atoms with Crippen LogP contribution in [0.3, 0.4) is 0 Å². The van der Waals surface area contributed by atoms with Gasteiger partial charge in [0.2, 0.25) is 0 Å². The van der Waals surface area contributed by atoms with Crippen LogP contribution in [-0.2, 0) is 0 Å². The van der Waals surface area contributed by atoms with Crippen molar-refractivity contribution in [1.82, 2.24) is 0 Å². The summed E-state index contributed by atoms with van der Waals surface area (Å²) in [6.07, 6.45) is 0. The van der Waals surface area contributed by atoms with E-state index in [1.54, 1.807) is 11.1 Å². The summed E-state index contributed by atoms with van der Waals surface area (Å²) < 4.78 is 0. The molecular formula is C18H22. The van der Waals surface area contributed by atoms with Gasteiger partial charge in [-0.2, -0.15) is 0 Å². The van der Waals surface area contributed by atoms with E-state index in [0.29, 0.717) is 11.8 Å². The molecule has 3 rings (SSSR count). The highest BCUT2D eigenvalue weighted by atomic mass is 14.3. The summed E-state index contributed by atoms with van der Waals surface area (Å²) in [5, 5.41) is 0. The Morgan fingerprint density at radius 3 is 1.33 bits per heavy atom. The van der Waals surface area contributed by atoms with Crippen molar-refractivity contribution in [2.45, 2.75) is 53.4 Å². The van der Waals surface area contributed by atoms with Gasteiger partial charge in [0, 0.05) is 11.8 Å². The zero-order chi connectivity index (χ0) is 13.2. The van der Waals surface area contributed by atoms with Crippen molar-refractivity contribution in [1.29, 1.82) is 0 Å². The molecule has 0 saturated heterocycles. The Hall–Kier alpha value is -1.30. The average Bonchev–Trinajstić information content (AvgIpc) is 2.71. The zero-order valence-electron chi connectivity index (χ0n) is 12.3. The van der Waals surface area contributed by atoms with Gasteiger partial charge in [-0.15, -0.1) is 0 Å². The van der Waals surface area contributed by atoms with Crippen molar-refractivity contribution in [3.8, 4) is 0 Å². The van der Waals surface area contributed by atoms with E-state index in [-0.39, 0.29) is 0 Å². The minimum Gasteiger partial charge on any atom is -0.0626 e. The fourth-order valence-electron chi connectivity index (χ4n) is 3.54. The van der Waals surface area contributed by atoms with Crippen LogP contribution in [0.4, 0.5) is 0 Å². The lowest BCUT2D eigenvalue weighted by Crippen LogP contribution is -1.96. The molecule has 0 spiro atoms. The predicted octanol–water partition coefficient (Wildman–Crippen LogP) is 5.51. The Kier molecular flexibility index (Phi) is 2.35. The molecule has 0 N–H and O–H groups in total. The lowest BCUT2D eigenvalue weighted by Gasteiger charge is -2.13. The van der Waals surface area contributed by atoms with E-state index in [4.69, 9.17) is 0 Å². The topological polar surface area (TPSA) is 0 Å². The van der Waals surface area contributed by atoms with Crippen molar-refractivity contribution >= 4 is 11.1 Å². The molecule has 1 aromatic carbocycles. The molecule has 2 atom stereocenters. The van der Waals surface area contributed by atoms with Crippen molar-refractivity contribution in [3.05, 3.63) is 45.5 Å². The SMILES string of the molecule is CC1=C(C)C(C)c2cc3c(cc21)C(C)C(C)=C3C. The number of rotatable bonds is 0. The Morgan fingerprint density at radius 1 is 0.667 bits per heavy atom. The normalized spacial score (nSPS) is 25.9. The number of hydrogen-bond acceptors (Lipinski definition) is 0. The summed E-state index contributed by atoms with van der Waals surface area (Å²) in [6, 6.07) is 4.91. The molecule has 0 saturated carbocycles. The molecule has 0 heterocycles. The zero-order valence-corrected chi connectivity index (χ0v) is 12.3. The minimum absolute atomic E-state index is 0.592. The molecule has 18 heavy (non-hydrogen) atoms. The van der Waals surface area contributed by atoms with E-state index in [1.165, 1.54) is 33.4 Å². The maximum atomic E-state index is 2.46. The third kappa shape index (κ3) is 1.27. The summed E-state index contributed by atoms with van der Waals surface area (Å²) in [6.45, 7) is 13.8. The lowest BCUT2D eigenvalue weighted by atomic mass is 9.91. The Bertz CT molecular complexity index is 555. The van der Waals surface area contributed by atoms with Crippen LogP contribution in [0.2, 0.25) is 0 Å². The van der Waals surface area contributed by atoms with Crippen LogP contribution >= 0.6 is 0 Å². The van der Waals surface area contributed by atoms with E-state index < -0.39 is 0 Å². The van der Waals surface area contributed by atoms with Gasteiger partial charge in [0.1, 0.15) is 0 Å². The van der Waals surface area contributed by atoms with Crippen molar-refractivity contribution < 1.29 is 0 Å². The summed E-state index contributed by atoms with van der Waals surface area (Å²) in [7, 11) is 0. The molecule has 0 radical (unpaired) electrons. The first-order valence-electron chi connectivity index (χ1n) is 6.96. The molecule has 2 aliphatic carbocycles. The van der Waals surface area contributed by atoms with Crippen LogP contribution < -0.4 is 0 Å². The molecule has 0 amide bonds. The van der Waals surface area contributed by atoms with E-state index in [9.17, 15) is 0 Å². The van der Waals surface area contributed by atoms with Gasteiger partial charge >= 0.3 is 0 Å². The molecule has 0 nitrogen and oxygen atoms in total. The quantitative estimate of drug-likeness (QED) is 0.559. The van der Waals surface area contributed by atoms with E-state index >= 15 is 0 Å². The first-order valence-corrected chi connectivity index (χ1v) is 6.96. The van der Waals surface area contributed by atoms with Gasteiger partial charge in [-0.3, -0.25) is 0 Å². The molecule has 0 bridgehead atoms. The van der Waals surface area contributed by atoms with E-state index in [1.807, 2.05) is 0 Å². The van der Waals surface area contributed by atoms with E-state index in [0.717, 1.165) is 0 Å². The predicted molar refractivity (Wildman–Crippen MR) is 79.8 cm³/mol. The maximum Gasteiger partial charge on any atom is 0.00292 e. The highest BCUT2D eigenvalue weighted by Crippen LogP contribution is 2.48. The van der Waals surface area contributed by atoms with Crippen LogP contribution in [0.1, 0.15) is 75.6 Å². The first kappa shape index (κ1) is 11.8. The van der Waals surface area contributed by atoms with Crippen LogP contribution in [0, 0.1) is 0 Å². The average molecular weight is 238 g/mol. The largest absolute Gasteiger partial charge is 0.0626 e. The molecule has 94 valence electrons. The Balaban J connectivity index is 2.26. The first-order chi connectivity index (χ1) is 8.43. The minimum atomic E-state index is 0.592. The Morgan fingerprint density at radius 2 is 1.00 bits per heavy atom. The monoisotopic (exact) mass is 238 g/mol. The van der Waals surface area contributed by atoms with Crippen LogP contribution in [0.5, 0.6) is 0 Å². The molecule has 0 aliphatic heterocycles. The summed E-state index contributed by atoms with van der Waals surface area (Å²) >= 11 is 0. The molecule has 2 unspecified atom stereocenters. The van der Waals surface area contributed by atoms with Gasteiger partial charge in [-0.05, 0) is 73.2 Å². The van der Waals surface area contributed by atoms with Gasteiger partial charge < -0.3 is 0 Å². The van der Waals surface area contributed by atoms with Gasteiger partial charge in [-0.1, -0.05) is 25.0 Å². The molecule has 1 aromatic rings. The van der Waals surface area contributed by atoms with Crippen LogP contribution in [0.25, 0.3) is 11.1 Å². The third-order valence-electron chi connectivity index (χ3n) is 5.44. The highest BCUT2D eigenvalue weighted by molar-refractivity contribution is 5.83. The summed E-state index contributed by atoms with van der Waals surface area (Å²) in [5.41, 5.74) is 12.1. The second-order valence-corrected chi connectivity index (χ2v) is 6.09. The maximum absolute atomic E-state index is 2.46. The lowest BCUT2D eigenvalue weighted by molar-refractivity contribution is 0.903. The smallest absolute Gasteiger partial charge is 0.00292 e. The number of hydrogen-bond donors (Lipinski definition) is 0. The fraction of sp³-hybridized carbons (Fsp3) is 0.444. The van der Waals surface area contributed by atoms with Crippen LogP contribution in [0.15, 0.2) is 23.3 Å². The third-order valence-corrected chi connectivity index (χ3v) is 5.44. The van der Waals surface area contributed by atoms with Gasteiger partial charge in [0.05, 0.1) is 0 Å². The fourth-order valence-corrected chi connectivity index (χ4v) is 3.54. The summed E-state index contributed by atoms with van der Waals surface area (Å²) in [4.78, 5) is 0. The standard InChI is InChI=1S/C18H22/c1-9-11(3)15-7-17-13(5)10(2)14(6)18(17)8-16(15)12(9)4/h7-8,11,14H,1-6H3. The number of allylic oxidation sites excluding steroid dienone is 4. The summed E-state index contributed by atoms with van der Waals surface area (Å²) in [5.74, 6) is 1.18. The molecule has 2 aliphatic rings. The highest BCUT2D eigenvalue weighted by Gasteiger charge is 2.29. The van der Waals surface area contributed by atoms with Crippen LogP contribution in [-0.4, -0.2) is 0 Å². The molecule has 0 aromatic heterocycles. The second-order valence-electron chi connectivity index (χ2n) is 6.09. The van der Waals surface area contributed by atoms with Gasteiger partial charge in [0.25, 0.3) is 0 Å². The molecule has 0 fully saturated rings. The van der Waals surface area contributed by atoms with E-state index in [2.05, 4.69) is 53.7 Å². The number of fused-ring (bicyclic) bond motifs is 2. The van der Waals surface area contributed by atoms with Gasteiger partial charge in [0.15, 0.2) is 0 Å². The molecule has 0 heteroatoms. The van der Waals surface area contributed by atoms with Crippen molar-refractivity contribution in [2.75, 3.05) is 0 Å².